The van der Waals surface area contributed by atoms with E-state index in [0.717, 1.165) is 5.82 Å². The summed E-state index contributed by atoms with van der Waals surface area (Å²) in [5, 5.41) is 4.32. The highest BCUT2D eigenvalue weighted by Crippen LogP contribution is 2.26. The van der Waals surface area contributed by atoms with Crippen LogP contribution in [0.1, 0.15) is 25.6 Å². The monoisotopic (exact) mass is 231 g/mol. The highest BCUT2D eigenvalue weighted by molar-refractivity contribution is 5.81. The normalized spacial score (nSPS) is 23.3. The Kier molecular flexibility index (Phi) is 2.04. The van der Waals surface area contributed by atoms with Crippen LogP contribution in [0.25, 0.3) is 11.6 Å². The summed E-state index contributed by atoms with van der Waals surface area (Å²) in [5.74, 6) is 2.59. The Balaban J connectivity index is 2.12. The van der Waals surface area contributed by atoms with E-state index in [-0.39, 0.29) is 12.0 Å². The van der Waals surface area contributed by atoms with Gasteiger partial charge < -0.3 is 10.2 Å². The summed E-state index contributed by atoms with van der Waals surface area (Å²) in [4.78, 5) is 8.80. The van der Waals surface area contributed by atoms with Gasteiger partial charge in [-0.1, -0.05) is 6.92 Å². The van der Waals surface area contributed by atoms with Gasteiger partial charge in [0.1, 0.15) is 5.82 Å². The lowest BCUT2D eigenvalue weighted by Crippen LogP contribution is -2.34. The molecule has 0 spiro atoms. The molecule has 6 heteroatoms. The number of fused-ring (bicyclic) bond motifs is 1. The number of aliphatic imine (C=N–C) groups is 1. The number of nitrogens with zero attached hydrogens (tertiary/aromatic N) is 4. The smallest absolute Gasteiger partial charge is 0.218 e. The van der Waals surface area contributed by atoms with Gasteiger partial charge in [0.2, 0.25) is 11.8 Å². The number of nitrogens with two attached hydrogens (primary N) is 1. The summed E-state index contributed by atoms with van der Waals surface area (Å²) in [7, 11) is 0. The van der Waals surface area contributed by atoms with Gasteiger partial charge in [0.05, 0.1) is 12.3 Å². The van der Waals surface area contributed by atoms with E-state index >= 15 is 0 Å². The number of furan rings is 1. The molecule has 6 nitrogen and oxygen atoms in total. The van der Waals surface area contributed by atoms with Crippen molar-refractivity contribution in [1.29, 1.82) is 0 Å². The molecule has 0 amide bonds. The minimum atomic E-state index is 0.121. The Bertz CT molecular complexity index is 569. The lowest BCUT2D eigenvalue weighted by atomic mass is 10.0. The van der Waals surface area contributed by atoms with Crippen molar-refractivity contribution >= 4 is 5.96 Å². The van der Waals surface area contributed by atoms with E-state index in [4.69, 9.17) is 10.2 Å². The number of aromatic nitrogens is 3. The largest absolute Gasteiger partial charge is 0.461 e. The van der Waals surface area contributed by atoms with Gasteiger partial charge in [0, 0.05) is 5.92 Å². The van der Waals surface area contributed by atoms with Crippen molar-refractivity contribution < 1.29 is 4.42 Å². The molecule has 1 aliphatic heterocycles. The van der Waals surface area contributed by atoms with Crippen molar-refractivity contribution in [2.24, 2.45) is 10.7 Å². The summed E-state index contributed by atoms with van der Waals surface area (Å²) in [6.07, 6.45) is 1.60. The lowest BCUT2D eigenvalue weighted by molar-refractivity contribution is 0.544. The van der Waals surface area contributed by atoms with Gasteiger partial charge in [0.15, 0.2) is 5.76 Å². The van der Waals surface area contributed by atoms with E-state index in [1.165, 1.54) is 0 Å². The Morgan fingerprint density at radius 1 is 1.41 bits per heavy atom. The average Bonchev–Trinajstić information content (AvgIpc) is 2.94. The number of hydrogen-bond donors (Lipinski definition) is 1. The van der Waals surface area contributed by atoms with Gasteiger partial charge in [-0.15, -0.1) is 5.10 Å². The average molecular weight is 231 g/mol. The summed E-state index contributed by atoms with van der Waals surface area (Å²) < 4.78 is 6.86. The standard InChI is InChI=1S/C11H13N5O/c1-6-7(2)13-11(12)16-10(6)14-9(15-16)8-4-3-5-17-8/h3-7H,1-2H3,(H2,12,13). The topological polar surface area (TPSA) is 82.2 Å². The number of hydrogen-bond acceptors (Lipinski definition) is 5. The maximum atomic E-state index is 5.85. The molecule has 3 heterocycles. The molecule has 0 radical (unpaired) electrons. The third kappa shape index (κ3) is 1.44. The van der Waals surface area contributed by atoms with Crippen LogP contribution >= 0.6 is 0 Å². The van der Waals surface area contributed by atoms with Crippen LogP contribution in [0.5, 0.6) is 0 Å². The SMILES string of the molecule is CC1N=C(N)n2nc(-c3ccco3)nc2C1C. The van der Waals surface area contributed by atoms with E-state index in [1.54, 1.807) is 17.0 Å². The van der Waals surface area contributed by atoms with Crippen molar-refractivity contribution in [2.45, 2.75) is 25.8 Å². The molecule has 0 saturated carbocycles. The van der Waals surface area contributed by atoms with Crippen LogP contribution in [0.2, 0.25) is 0 Å². The highest BCUT2D eigenvalue weighted by atomic mass is 16.3. The van der Waals surface area contributed by atoms with Crippen LogP contribution in [0.15, 0.2) is 27.8 Å². The van der Waals surface area contributed by atoms with E-state index in [1.807, 2.05) is 13.0 Å². The van der Waals surface area contributed by atoms with Crippen molar-refractivity contribution in [3.63, 3.8) is 0 Å². The molecular weight excluding hydrogens is 218 g/mol. The first-order valence-corrected chi connectivity index (χ1v) is 5.51. The molecule has 17 heavy (non-hydrogen) atoms. The Labute approximate surface area is 98.2 Å². The summed E-state index contributed by atoms with van der Waals surface area (Å²) in [6, 6.07) is 3.75. The van der Waals surface area contributed by atoms with Gasteiger partial charge in [0.25, 0.3) is 0 Å². The fourth-order valence-electron chi connectivity index (χ4n) is 1.89. The predicted octanol–water partition coefficient (Wildman–Crippen LogP) is 1.21. The Morgan fingerprint density at radius 3 is 2.94 bits per heavy atom. The Hall–Kier alpha value is -2.11. The first kappa shape index (κ1) is 10.1. The fraction of sp³-hybridized carbons (Fsp3) is 0.364. The van der Waals surface area contributed by atoms with Crippen molar-refractivity contribution in [3.8, 4) is 11.6 Å². The predicted molar refractivity (Wildman–Crippen MR) is 62.6 cm³/mol. The molecule has 2 atom stereocenters. The van der Waals surface area contributed by atoms with Gasteiger partial charge >= 0.3 is 0 Å². The third-order valence-corrected chi connectivity index (χ3v) is 3.06. The van der Waals surface area contributed by atoms with Crippen LogP contribution in [-0.2, 0) is 0 Å². The van der Waals surface area contributed by atoms with E-state index in [2.05, 4.69) is 22.0 Å². The van der Waals surface area contributed by atoms with E-state index < -0.39 is 0 Å². The molecule has 0 aliphatic carbocycles. The molecule has 0 bridgehead atoms. The second-order valence-electron chi connectivity index (χ2n) is 4.20. The Morgan fingerprint density at radius 2 is 2.24 bits per heavy atom. The van der Waals surface area contributed by atoms with Gasteiger partial charge in [-0.05, 0) is 19.1 Å². The minimum absolute atomic E-state index is 0.121. The summed E-state index contributed by atoms with van der Waals surface area (Å²) in [6.45, 7) is 4.08. The molecule has 2 aromatic rings. The van der Waals surface area contributed by atoms with Crippen molar-refractivity contribution in [1.82, 2.24) is 14.8 Å². The van der Waals surface area contributed by atoms with Crippen molar-refractivity contribution in [3.05, 3.63) is 24.2 Å². The van der Waals surface area contributed by atoms with Crippen LogP contribution in [-0.4, -0.2) is 26.8 Å². The molecule has 2 unspecified atom stereocenters. The molecule has 1 aliphatic rings. The zero-order valence-electron chi connectivity index (χ0n) is 9.66. The van der Waals surface area contributed by atoms with Gasteiger partial charge in [-0.2, -0.15) is 4.68 Å². The third-order valence-electron chi connectivity index (χ3n) is 3.06. The van der Waals surface area contributed by atoms with Crippen LogP contribution in [0.3, 0.4) is 0 Å². The maximum absolute atomic E-state index is 5.85. The fourth-order valence-corrected chi connectivity index (χ4v) is 1.89. The van der Waals surface area contributed by atoms with Crippen LogP contribution in [0.4, 0.5) is 0 Å². The molecular formula is C11H13N5O. The van der Waals surface area contributed by atoms with Gasteiger partial charge in [-0.3, -0.25) is 0 Å². The van der Waals surface area contributed by atoms with Crippen molar-refractivity contribution in [2.75, 3.05) is 0 Å². The second kappa shape index (κ2) is 3.44. The number of rotatable bonds is 1. The molecule has 0 fully saturated rings. The van der Waals surface area contributed by atoms with Crippen LogP contribution in [0, 0.1) is 0 Å². The molecule has 0 aromatic carbocycles. The minimum Gasteiger partial charge on any atom is -0.461 e. The first-order chi connectivity index (χ1) is 8.16. The van der Waals surface area contributed by atoms with E-state index in [0.29, 0.717) is 17.5 Å². The molecule has 0 saturated heterocycles. The van der Waals surface area contributed by atoms with Gasteiger partial charge in [-0.25, -0.2) is 9.98 Å². The quantitative estimate of drug-likeness (QED) is 0.799. The maximum Gasteiger partial charge on any atom is 0.218 e. The second-order valence-corrected chi connectivity index (χ2v) is 4.20. The zero-order valence-corrected chi connectivity index (χ0v) is 9.66. The highest BCUT2D eigenvalue weighted by Gasteiger charge is 2.28. The molecule has 3 rings (SSSR count). The molecule has 2 aromatic heterocycles. The van der Waals surface area contributed by atoms with E-state index in [9.17, 15) is 0 Å². The molecule has 2 N–H and O–H groups in total. The molecule has 88 valence electrons. The summed E-state index contributed by atoms with van der Waals surface area (Å²) in [5.41, 5.74) is 5.85. The lowest BCUT2D eigenvalue weighted by Gasteiger charge is -2.21. The summed E-state index contributed by atoms with van der Waals surface area (Å²) >= 11 is 0. The first-order valence-electron chi connectivity index (χ1n) is 5.51. The zero-order chi connectivity index (χ0) is 12.0. The van der Waals surface area contributed by atoms with Crippen LogP contribution < -0.4 is 5.73 Å².